The van der Waals surface area contributed by atoms with Crippen molar-refractivity contribution in [1.82, 2.24) is 0 Å². The molecule has 0 saturated heterocycles. The fourth-order valence-corrected chi connectivity index (χ4v) is 0.800. The SMILES string of the molecule is O=C(O)c1ccco1.O=C(O)c1ccco1.[Fe]. The minimum Gasteiger partial charge on any atom is -0.475 e. The number of carboxylic acids is 2. The van der Waals surface area contributed by atoms with Gasteiger partial charge in [0.1, 0.15) is 0 Å². The predicted octanol–water partition coefficient (Wildman–Crippen LogP) is 1.95. The fraction of sp³-hybridized carbons (Fsp3) is 0. The Kier molecular flexibility index (Phi) is 6.47. The maximum absolute atomic E-state index is 9.97. The second kappa shape index (κ2) is 7.32. The minimum atomic E-state index is -1.03. The van der Waals surface area contributed by atoms with Gasteiger partial charge in [-0.15, -0.1) is 0 Å². The maximum Gasteiger partial charge on any atom is 0.371 e. The van der Waals surface area contributed by atoms with Crippen LogP contribution in [0.1, 0.15) is 21.1 Å². The minimum absolute atomic E-state index is 0. The van der Waals surface area contributed by atoms with E-state index in [1.54, 1.807) is 0 Å². The molecule has 2 aromatic heterocycles. The number of hydrogen-bond acceptors (Lipinski definition) is 4. The van der Waals surface area contributed by atoms with E-state index in [-0.39, 0.29) is 28.6 Å². The van der Waals surface area contributed by atoms with Gasteiger partial charge in [-0.3, -0.25) is 0 Å². The number of carboxylic acid groups (broad SMARTS) is 2. The van der Waals surface area contributed by atoms with Crippen LogP contribution in [0, 0.1) is 0 Å². The van der Waals surface area contributed by atoms with Crippen molar-refractivity contribution in [3.63, 3.8) is 0 Å². The van der Waals surface area contributed by atoms with E-state index in [1.807, 2.05) is 0 Å². The Balaban J connectivity index is 0.000000284. The predicted molar refractivity (Wildman–Crippen MR) is 51.3 cm³/mol. The Morgan fingerprint density at radius 3 is 1.35 bits per heavy atom. The molecule has 2 heterocycles. The van der Waals surface area contributed by atoms with Gasteiger partial charge in [0.2, 0.25) is 11.5 Å². The third-order valence-electron chi connectivity index (χ3n) is 1.46. The van der Waals surface area contributed by atoms with Gasteiger partial charge in [0.25, 0.3) is 0 Å². The molecule has 0 aliphatic carbocycles. The molecular weight excluding hydrogens is 272 g/mol. The Morgan fingerprint density at radius 1 is 0.882 bits per heavy atom. The van der Waals surface area contributed by atoms with Gasteiger partial charge >= 0.3 is 11.9 Å². The molecule has 0 aliphatic rings. The van der Waals surface area contributed by atoms with Crippen LogP contribution in [0.3, 0.4) is 0 Å². The average molecular weight is 280 g/mol. The summed E-state index contributed by atoms with van der Waals surface area (Å²) in [5, 5.41) is 16.4. The van der Waals surface area contributed by atoms with Gasteiger partial charge in [0, 0.05) is 17.1 Å². The van der Waals surface area contributed by atoms with Crippen LogP contribution in [0.25, 0.3) is 0 Å². The third-order valence-corrected chi connectivity index (χ3v) is 1.46. The first-order valence-corrected chi connectivity index (χ1v) is 4.15. The number of aromatic carboxylic acids is 2. The maximum atomic E-state index is 9.97. The van der Waals surface area contributed by atoms with Gasteiger partial charge in [-0.2, -0.15) is 0 Å². The van der Waals surface area contributed by atoms with Crippen LogP contribution in [0.2, 0.25) is 0 Å². The normalized spacial score (nSPS) is 8.47. The second-order valence-corrected chi connectivity index (χ2v) is 2.56. The zero-order chi connectivity index (χ0) is 12.0. The third kappa shape index (κ3) is 5.05. The van der Waals surface area contributed by atoms with Crippen LogP contribution in [-0.4, -0.2) is 22.2 Å². The smallest absolute Gasteiger partial charge is 0.371 e. The van der Waals surface area contributed by atoms with Crippen molar-refractivity contribution in [2.45, 2.75) is 0 Å². The van der Waals surface area contributed by atoms with E-state index in [1.165, 1.54) is 36.8 Å². The summed E-state index contributed by atoms with van der Waals surface area (Å²) in [5.41, 5.74) is 0. The van der Waals surface area contributed by atoms with Gasteiger partial charge in [-0.05, 0) is 24.3 Å². The van der Waals surface area contributed by atoms with Gasteiger partial charge in [-0.25, -0.2) is 9.59 Å². The summed E-state index contributed by atoms with van der Waals surface area (Å²) in [6.07, 6.45) is 2.65. The van der Waals surface area contributed by atoms with E-state index in [9.17, 15) is 9.59 Å². The molecule has 0 unspecified atom stereocenters. The molecule has 2 N–H and O–H groups in total. The van der Waals surface area contributed by atoms with Crippen LogP contribution >= 0.6 is 0 Å². The fourth-order valence-electron chi connectivity index (χ4n) is 0.800. The molecule has 2 rings (SSSR count). The molecule has 2 aromatic rings. The summed E-state index contributed by atoms with van der Waals surface area (Å²) in [7, 11) is 0. The number of hydrogen-bond donors (Lipinski definition) is 2. The molecule has 7 heteroatoms. The van der Waals surface area contributed by atoms with E-state index in [4.69, 9.17) is 10.2 Å². The Hall–Kier alpha value is -1.98. The van der Waals surface area contributed by atoms with Gasteiger partial charge < -0.3 is 19.0 Å². The van der Waals surface area contributed by atoms with Crippen molar-refractivity contribution in [3.05, 3.63) is 48.3 Å². The van der Waals surface area contributed by atoms with Crippen molar-refractivity contribution >= 4 is 11.9 Å². The van der Waals surface area contributed by atoms with Crippen molar-refractivity contribution in [3.8, 4) is 0 Å². The van der Waals surface area contributed by atoms with E-state index in [0.717, 1.165) is 0 Å². The zero-order valence-electron chi connectivity index (χ0n) is 8.35. The standard InChI is InChI=1S/2C5H4O3.Fe/c2*6-5(7)4-2-1-3-8-4;/h2*1-3H,(H,6,7);. The summed E-state index contributed by atoms with van der Waals surface area (Å²) in [6.45, 7) is 0. The van der Waals surface area contributed by atoms with Crippen LogP contribution in [-0.2, 0) is 17.1 Å². The summed E-state index contributed by atoms with van der Waals surface area (Å²) in [5.74, 6) is -2.11. The Morgan fingerprint density at radius 2 is 1.24 bits per heavy atom. The molecule has 6 nitrogen and oxygen atoms in total. The molecule has 0 fully saturated rings. The molecule has 0 saturated carbocycles. The molecule has 0 aliphatic heterocycles. The largest absolute Gasteiger partial charge is 0.475 e. The molecule has 0 aromatic carbocycles. The van der Waals surface area contributed by atoms with E-state index >= 15 is 0 Å². The first-order valence-electron chi connectivity index (χ1n) is 4.15. The van der Waals surface area contributed by atoms with Crippen LogP contribution in [0.15, 0.2) is 45.6 Å². The molecule has 17 heavy (non-hydrogen) atoms. The molecule has 0 atom stereocenters. The summed E-state index contributed by atoms with van der Waals surface area (Å²) < 4.78 is 8.99. The topological polar surface area (TPSA) is 101 Å². The van der Waals surface area contributed by atoms with Crippen molar-refractivity contribution in [1.29, 1.82) is 0 Å². The van der Waals surface area contributed by atoms with Crippen LogP contribution in [0.4, 0.5) is 0 Å². The molecule has 0 bridgehead atoms. The van der Waals surface area contributed by atoms with Gasteiger partial charge in [-0.1, -0.05) is 0 Å². The quantitative estimate of drug-likeness (QED) is 0.815. The van der Waals surface area contributed by atoms with E-state index in [2.05, 4.69) is 8.83 Å². The van der Waals surface area contributed by atoms with Crippen LogP contribution in [0.5, 0.6) is 0 Å². The molecule has 92 valence electrons. The van der Waals surface area contributed by atoms with E-state index < -0.39 is 11.9 Å². The summed E-state index contributed by atoms with van der Waals surface area (Å²) >= 11 is 0. The monoisotopic (exact) mass is 280 g/mol. The van der Waals surface area contributed by atoms with Crippen LogP contribution < -0.4 is 0 Å². The number of carbonyl (C=O) groups is 2. The summed E-state index contributed by atoms with van der Waals surface area (Å²) in [4.78, 5) is 19.9. The average Bonchev–Trinajstić information content (AvgIpc) is 2.93. The Labute approximate surface area is 106 Å². The molecule has 0 amide bonds. The van der Waals surface area contributed by atoms with Crippen molar-refractivity contribution in [2.24, 2.45) is 0 Å². The number of rotatable bonds is 2. The first-order chi connectivity index (χ1) is 7.61. The molecule has 0 radical (unpaired) electrons. The zero-order valence-corrected chi connectivity index (χ0v) is 9.45. The summed E-state index contributed by atoms with van der Waals surface area (Å²) in [6, 6.07) is 5.84. The second-order valence-electron chi connectivity index (χ2n) is 2.56. The molecular formula is C10H8FeO6. The number of furan rings is 2. The van der Waals surface area contributed by atoms with Gasteiger partial charge in [0.15, 0.2) is 0 Å². The van der Waals surface area contributed by atoms with Crippen molar-refractivity contribution < 1.29 is 45.7 Å². The van der Waals surface area contributed by atoms with Gasteiger partial charge in [0.05, 0.1) is 12.5 Å². The molecule has 0 spiro atoms. The first kappa shape index (κ1) is 15.0. The van der Waals surface area contributed by atoms with Crippen molar-refractivity contribution in [2.75, 3.05) is 0 Å². The van der Waals surface area contributed by atoms with E-state index in [0.29, 0.717) is 0 Å². The Bertz CT molecular complexity index is 401.